The van der Waals surface area contributed by atoms with Crippen LogP contribution in [0.15, 0.2) is 64.6 Å². The summed E-state index contributed by atoms with van der Waals surface area (Å²) in [6, 6.07) is 15.3. The zero-order chi connectivity index (χ0) is 28.1. The molecule has 206 valence electrons. The minimum Gasteiger partial charge on any atom is -0.502 e. The normalized spacial score (nSPS) is 17.2. The Balaban J connectivity index is 1.23. The molecule has 2 aliphatic heterocycles. The first kappa shape index (κ1) is 27.2. The molecule has 3 heterocycles. The van der Waals surface area contributed by atoms with Crippen molar-refractivity contribution >= 4 is 11.6 Å². The number of halogens is 2. The predicted molar refractivity (Wildman–Crippen MR) is 147 cm³/mol. The van der Waals surface area contributed by atoms with Crippen LogP contribution in [0.3, 0.4) is 0 Å². The van der Waals surface area contributed by atoms with Gasteiger partial charge in [0.15, 0.2) is 0 Å². The third-order valence-corrected chi connectivity index (χ3v) is 7.17. The van der Waals surface area contributed by atoms with Crippen LogP contribution >= 0.6 is 0 Å². The Morgan fingerprint density at radius 1 is 1.10 bits per heavy atom. The number of carbonyl (C=O) groups excluding carboxylic acids is 1. The first-order chi connectivity index (χ1) is 19.4. The molecule has 3 N–H and O–H groups in total. The Kier molecular flexibility index (Phi) is 8.31. The molecule has 5 rings (SSSR count). The highest BCUT2D eigenvalue weighted by molar-refractivity contribution is 5.92. The van der Waals surface area contributed by atoms with E-state index in [0.29, 0.717) is 11.5 Å². The second kappa shape index (κ2) is 12.2. The summed E-state index contributed by atoms with van der Waals surface area (Å²) in [5.74, 6) is 4.31. The van der Waals surface area contributed by atoms with Gasteiger partial charge in [-0.3, -0.25) is 19.5 Å². The lowest BCUT2D eigenvalue weighted by atomic mass is 9.94. The zero-order valence-electron chi connectivity index (χ0n) is 21.7. The summed E-state index contributed by atoms with van der Waals surface area (Å²) in [4.78, 5) is 37.7. The lowest BCUT2D eigenvalue weighted by Crippen LogP contribution is -2.34. The number of aromatic nitrogens is 2. The number of aliphatic imine (C=N–C) groups is 1. The lowest BCUT2D eigenvalue weighted by Gasteiger charge is -2.17. The first-order valence-corrected chi connectivity index (χ1v) is 13.1. The van der Waals surface area contributed by atoms with Gasteiger partial charge in [-0.25, -0.2) is 13.8 Å². The van der Waals surface area contributed by atoms with Gasteiger partial charge in [0, 0.05) is 48.9 Å². The Hall–Kier alpha value is -4.36. The molecule has 1 fully saturated rings. The summed E-state index contributed by atoms with van der Waals surface area (Å²) < 4.78 is 25.3. The molecule has 0 bridgehead atoms. The van der Waals surface area contributed by atoms with Gasteiger partial charge in [0.1, 0.15) is 5.69 Å². The fraction of sp³-hybridized carbons (Fsp3) is 0.333. The molecule has 1 amide bonds. The number of H-pyrrole nitrogens is 1. The van der Waals surface area contributed by atoms with E-state index in [-0.39, 0.29) is 12.1 Å². The van der Waals surface area contributed by atoms with E-state index in [4.69, 9.17) is 0 Å². The number of nitrogens with zero attached hydrogens (tertiary/aromatic N) is 3. The number of aromatic amines is 1. The van der Waals surface area contributed by atoms with Gasteiger partial charge in [-0.15, -0.1) is 0 Å². The fourth-order valence-electron chi connectivity index (χ4n) is 5.09. The van der Waals surface area contributed by atoms with Gasteiger partial charge in [-0.2, -0.15) is 0 Å². The predicted octanol–water partition coefficient (Wildman–Crippen LogP) is 2.86. The van der Waals surface area contributed by atoms with E-state index in [2.05, 4.69) is 49.2 Å². The van der Waals surface area contributed by atoms with E-state index in [9.17, 15) is 23.5 Å². The Morgan fingerprint density at radius 2 is 1.77 bits per heavy atom. The minimum atomic E-state index is -2.74. The maximum atomic E-state index is 12.7. The minimum absolute atomic E-state index is 0.0410. The number of aromatic hydroxyl groups is 1. The highest BCUT2D eigenvalue weighted by Crippen LogP contribution is 2.25. The molecule has 3 aromatic rings. The van der Waals surface area contributed by atoms with Gasteiger partial charge in [-0.1, -0.05) is 36.1 Å². The number of alkyl halides is 2. The van der Waals surface area contributed by atoms with Crippen molar-refractivity contribution in [3.8, 4) is 17.6 Å². The van der Waals surface area contributed by atoms with E-state index in [1.165, 1.54) is 17.7 Å². The van der Waals surface area contributed by atoms with Crippen LogP contribution in [0.25, 0.3) is 0 Å². The van der Waals surface area contributed by atoms with Gasteiger partial charge < -0.3 is 15.4 Å². The highest BCUT2D eigenvalue weighted by Gasteiger charge is 2.31. The zero-order valence-corrected chi connectivity index (χ0v) is 21.7. The monoisotopic (exact) mass is 545 g/mol. The number of carbonyl (C=O) groups is 1. The summed E-state index contributed by atoms with van der Waals surface area (Å²) in [5, 5.41) is 12.3. The quantitative estimate of drug-likeness (QED) is 0.377. The largest absolute Gasteiger partial charge is 0.502 e. The highest BCUT2D eigenvalue weighted by atomic mass is 19.3. The molecule has 2 aromatic carbocycles. The van der Waals surface area contributed by atoms with E-state index >= 15 is 0 Å². The molecule has 0 spiro atoms. The number of amides is 1. The van der Waals surface area contributed by atoms with Crippen LogP contribution in [0, 0.1) is 17.8 Å². The first-order valence-electron chi connectivity index (χ1n) is 13.1. The van der Waals surface area contributed by atoms with Crippen molar-refractivity contribution in [2.24, 2.45) is 10.9 Å². The second-order valence-electron chi connectivity index (χ2n) is 10.0. The smallest absolute Gasteiger partial charge is 0.293 e. The second-order valence-corrected chi connectivity index (χ2v) is 10.0. The Morgan fingerprint density at radius 3 is 2.42 bits per heavy atom. The van der Waals surface area contributed by atoms with Crippen molar-refractivity contribution in [2.45, 2.75) is 31.7 Å². The van der Waals surface area contributed by atoms with Crippen LogP contribution in [0.4, 0.5) is 8.78 Å². The SMILES string of the molecule is O=C(NCC(F)F)C(Cc1ccc(C#Cc2ccc(CN3CC4=NCC[C@H]4C3)cc2)cc1)c1nc[nH]c(=O)c1O. The Bertz CT molecular complexity index is 1510. The summed E-state index contributed by atoms with van der Waals surface area (Å²) in [5.41, 5.74) is 3.93. The molecular formula is C30H29F2N5O3. The van der Waals surface area contributed by atoms with Gasteiger partial charge in [0.2, 0.25) is 11.7 Å². The molecule has 1 aromatic heterocycles. The number of likely N-dealkylation sites (tertiary alicyclic amines) is 1. The third kappa shape index (κ3) is 6.61. The number of hydrogen-bond acceptors (Lipinski definition) is 6. The molecule has 1 saturated heterocycles. The molecule has 8 nitrogen and oxygen atoms in total. The number of fused-ring (bicyclic) bond motifs is 1. The molecule has 1 unspecified atom stereocenters. The van der Waals surface area contributed by atoms with Crippen LogP contribution in [0.2, 0.25) is 0 Å². The van der Waals surface area contributed by atoms with Gasteiger partial charge >= 0.3 is 0 Å². The van der Waals surface area contributed by atoms with E-state index in [0.717, 1.165) is 43.6 Å². The maximum Gasteiger partial charge on any atom is 0.293 e. The summed E-state index contributed by atoms with van der Waals surface area (Å²) in [6.45, 7) is 3.08. The fourth-order valence-corrected chi connectivity index (χ4v) is 5.09. The van der Waals surface area contributed by atoms with Crippen molar-refractivity contribution < 1.29 is 18.7 Å². The molecule has 0 radical (unpaired) electrons. The van der Waals surface area contributed by atoms with Crippen molar-refractivity contribution in [1.29, 1.82) is 0 Å². The van der Waals surface area contributed by atoms with Gasteiger partial charge in [0.05, 0.1) is 18.8 Å². The van der Waals surface area contributed by atoms with E-state index < -0.39 is 36.1 Å². The molecular weight excluding hydrogens is 516 g/mol. The number of rotatable bonds is 8. The van der Waals surface area contributed by atoms with Crippen molar-refractivity contribution in [1.82, 2.24) is 20.2 Å². The third-order valence-electron chi connectivity index (χ3n) is 7.17. The molecule has 0 aliphatic carbocycles. The van der Waals surface area contributed by atoms with E-state index in [1.54, 1.807) is 24.3 Å². The van der Waals surface area contributed by atoms with Gasteiger partial charge in [0.25, 0.3) is 12.0 Å². The topological polar surface area (TPSA) is 111 Å². The molecule has 10 heteroatoms. The summed E-state index contributed by atoms with van der Waals surface area (Å²) >= 11 is 0. The standard InChI is InChI=1S/C30H29F2N5O3/c31-26(32)14-34-29(39)24(27-28(38)30(40)36-18-35-27)13-21-7-3-19(4-8-21)1-2-20-5-9-22(10-6-20)15-37-16-23-11-12-33-25(23)17-37/h3-10,18,23-24,26,38H,11-17H2,(H,34,39)(H,35,36,40)/t23-,24?/m0/s1. The number of hydrogen-bond donors (Lipinski definition) is 3. The van der Waals surface area contributed by atoms with Crippen molar-refractivity contribution in [2.75, 3.05) is 26.2 Å². The van der Waals surface area contributed by atoms with Crippen LogP contribution in [0.1, 0.15) is 40.3 Å². The average molecular weight is 546 g/mol. The average Bonchev–Trinajstić information content (AvgIpc) is 3.54. The number of benzene rings is 2. The maximum absolute atomic E-state index is 12.7. The van der Waals surface area contributed by atoms with Crippen LogP contribution in [0.5, 0.6) is 5.75 Å². The van der Waals surface area contributed by atoms with Crippen LogP contribution < -0.4 is 10.9 Å². The van der Waals surface area contributed by atoms with Crippen molar-refractivity contribution in [3.63, 3.8) is 0 Å². The Labute approximate surface area is 230 Å². The number of nitrogens with one attached hydrogen (secondary N) is 2. The molecule has 40 heavy (non-hydrogen) atoms. The summed E-state index contributed by atoms with van der Waals surface area (Å²) in [6.07, 6.45) is -0.463. The molecule has 0 saturated carbocycles. The van der Waals surface area contributed by atoms with Crippen LogP contribution in [-0.2, 0) is 17.8 Å². The van der Waals surface area contributed by atoms with Gasteiger partial charge in [-0.05, 0) is 48.2 Å². The molecule has 2 aliphatic rings. The summed E-state index contributed by atoms with van der Waals surface area (Å²) in [7, 11) is 0. The van der Waals surface area contributed by atoms with E-state index in [1.807, 2.05) is 12.1 Å². The molecule has 2 atom stereocenters. The van der Waals surface area contributed by atoms with Crippen molar-refractivity contribution in [3.05, 3.63) is 93.2 Å². The van der Waals surface area contributed by atoms with Crippen LogP contribution in [-0.4, -0.2) is 64.2 Å². The lowest BCUT2D eigenvalue weighted by molar-refractivity contribution is -0.123.